The lowest BCUT2D eigenvalue weighted by atomic mass is 10.3. The Hall–Kier alpha value is -2.56. The van der Waals surface area contributed by atoms with E-state index in [2.05, 4.69) is 15.5 Å². The van der Waals surface area contributed by atoms with Crippen LogP contribution in [0.25, 0.3) is 0 Å². The van der Waals surface area contributed by atoms with Crippen molar-refractivity contribution < 1.29 is 9.57 Å². The molecule has 20 heavy (non-hydrogen) atoms. The highest BCUT2D eigenvalue weighted by atomic mass is 16.6. The summed E-state index contributed by atoms with van der Waals surface area (Å²) in [6, 6.07) is 11.4. The molecule has 0 aliphatic carbocycles. The summed E-state index contributed by atoms with van der Waals surface area (Å²) in [4.78, 5) is 9.10. The van der Waals surface area contributed by atoms with Crippen LogP contribution in [0.2, 0.25) is 0 Å². The van der Waals surface area contributed by atoms with Crippen molar-refractivity contribution in [3.8, 4) is 5.75 Å². The molecule has 0 saturated carbocycles. The van der Waals surface area contributed by atoms with Crippen molar-refractivity contribution in [1.82, 2.24) is 4.98 Å². The van der Waals surface area contributed by atoms with E-state index in [1.165, 1.54) is 0 Å². The summed E-state index contributed by atoms with van der Waals surface area (Å²) in [6.45, 7) is 2.92. The van der Waals surface area contributed by atoms with Gasteiger partial charge in [0.2, 0.25) is 0 Å². The van der Waals surface area contributed by atoms with E-state index < -0.39 is 0 Å². The van der Waals surface area contributed by atoms with E-state index in [0.29, 0.717) is 13.3 Å². The lowest BCUT2D eigenvalue weighted by molar-refractivity contribution is 0.165. The first-order chi connectivity index (χ1) is 9.88. The molecule has 0 amide bonds. The van der Waals surface area contributed by atoms with E-state index >= 15 is 0 Å². The summed E-state index contributed by atoms with van der Waals surface area (Å²) in [7, 11) is 0. The highest BCUT2D eigenvalue weighted by molar-refractivity contribution is 5.78. The number of nitrogens with zero attached hydrogens (tertiary/aromatic N) is 2. The van der Waals surface area contributed by atoms with E-state index in [1.807, 2.05) is 43.3 Å². The number of oxime groups is 1. The minimum atomic E-state index is 0.296. The third-order valence-corrected chi connectivity index (χ3v) is 2.47. The lowest BCUT2D eigenvalue weighted by Gasteiger charge is -2.06. The molecule has 2 rings (SSSR count). The van der Waals surface area contributed by atoms with Gasteiger partial charge in [0.15, 0.2) is 6.73 Å². The first-order valence-electron chi connectivity index (χ1n) is 6.40. The molecule has 0 bridgehead atoms. The third kappa shape index (κ3) is 4.61. The van der Waals surface area contributed by atoms with Gasteiger partial charge in [-0.05, 0) is 37.3 Å². The van der Waals surface area contributed by atoms with Gasteiger partial charge in [-0.2, -0.15) is 0 Å². The Kier molecular flexibility index (Phi) is 5.39. The average molecular weight is 271 g/mol. The van der Waals surface area contributed by atoms with Crippen molar-refractivity contribution in [2.45, 2.75) is 6.92 Å². The molecule has 0 saturated heterocycles. The summed E-state index contributed by atoms with van der Waals surface area (Å²) in [5, 5.41) is 6.94. The van der Waals surface area contributed by atoms with Crippen LogP contribution in [-0.2, 0) is 4.84 Å². The fourth-order valence-corrected chi connectivity index (χ4v) is 1.54. The van der Waals surface area contributed by atoms with Gasteiger partial charge in [0.25, 0.3) is 0 Å². The number of rotatable bonds is 7. The number of ether oxygens (including phenoxy) is 1. The molecule has 0 aliphatic rings. The Morgan fingerprint density at radius 3 is 2.80 bits per heavy atom. The Balaban J connectivity index is 1.72. The highest BCUT2D eigenvalue weighted by Gasteiger charge is 1.93. The van der Waals surface area contributed by atoms with Gasteiger partial charge >= 0.3 is 0 Å². The maximum atomic E-state index is 5.36. The molecule has 1 aromatic heterocycles. The van der Waals surface area contributed by atoms with Crippen LogP contribution in [0, 0.1) is 0 Å². The van der Waals surface area contributed by atoms with Gasteiger partial charge in [0, 0.05) is 23.6 Å². The Bertz CT molecular complexity index is 527. The zero-order valence-corrected chi connectivity index (χ0v) is 11.3. The van der Waals surface area contributed by atoms with Crippen molar-refractivity contribution in [3.05, 3.63) is 54.4 Å². The molecule has 1 heterocycles. The second-order valence-corrected chi connectivity index (χ2v) is 3.93. The summed E-state index contributed by atoms with van der Waals surface area (Å²) in [5.41, 5.74) is 1.85. The summed E-state index contributed by atoms with van der Waals surface area (Å²) in [6.07, 6.45) is 5.05. The normalized spacial score (nSPS) is 10.4. The third-order valence-electron chi connectivity index (χ3n) is 2.47. The standard InChI is InChI=1S/C15H17N3O2/c1-2-19-15-7-5-14(6-8-15)17-12-20-18-11-13-4-3-9-16-10-13/h3-11,17H,2,12H2,1H3/b18-11+. The molecule has 5 heteroatoms. The fraction of sp³-hybridized carbons (Fsp3) is 0.200. The smallest absolute Gasteiger partial charge is 0.187 e. The molecule has 104 valence electrons. The van der Waals surface area contributed by atoms with E-state index in [0.717, 1.165) is 17.0 Å². The molecule has 0 aliphatic heterocycles. The van der Waals surface area contributed by atoms with Crippen molar-refractivity contribution in [1.29, 1.82) is 0 Å². The average Bonchev–Trinajstić information content (AvgIpc) is 2.50. The predicted octanol–water partition coefficient (Wildman–Crippen LogP) is 2.90. The maximum Gasteiger partial charge on any atom is 0.187 e. The summed E-state index contributed by atoms with van der Waals surface area (Å²) >= 11 is 0. The molecule has 2 aromatic rings. The van der Waals surface area contributed by atoms with Gasteiger partial charge in [-0.3, -0.25) is 4.98 Å². The number of hydrogen-bond acceptors (Lipinski definition) is 5. The number of anilines is 1. The number of nitrogens with one attached hydrogen (secondary N) is 1. The Morgan fingerprint density at radius 2 is 2.10 bits per heavy atom. The predicted molar refractivity (Wildman–Crippen MR) is 79.0 cm³/mol. The number of benzene rings is 1. The van der Waals surface area contributed by atoms with Crippen molar-refractivity contribution in [3.63, 3.8) is 0 Å². The maximum absolute atomic E-state index is 5.36. The quantitative estimate of drug-likeness (QED) is 0.364. The van der Waals surface area contributed by atoms with Gasteiger partial charge in [0.05, 0.1) is 12.8 Å². The van der Waals surface area contributed by atoms with Gasteiger partial charge in [-0.25, -0.2) is 0 Å². The van der Waals surface area contributed by atoms with Crippen LogP contribution < -0.4 is 10.1 Å². The minimum Gasteiger partial charge on any atom is -0.494 e. The molecule has 5 nitrogen and oxygen atoms in total. The van der Waals surface area contributed by atoms with Crippen LogP contribution in [0.15, 0.2) is 53.9 Å². The zero-order chi connectivity index (χ0) is 14.0. The van der Waals surface area contributed by atoms with E-state index in [1.54, 1.807) is 18.6 Å². The SMILES string of the molecule is CCOc1ccc(NCO/N=C/c2cccnc2)cc1. The van der Waals surface area contributed by atoms with Gasteiger partial charge < -0.3 is 14.9 Å². The molecule has 0 unspecified atom stereocenters. The molecular formula is C15H17N3O2. The molecule has 0 radical (unpaired) electrons. The zero-order valence-electron chi connectivity index (χ0n) is 11.3. The largest absolute Gasteiger partial charge is 0.494 e. The Labute approximate surface area is 118 Å². The Morgan fingerprint density at radius 1 is 1.25 bits per heavy atom. The van der Waals surface area contributed by atoms with E-state index in [9.17, 15) is 0 Å². The number of pyridine rings is 1. The second-order valence-electron chi connectivity index (χ2n) is 3.93. The van der Waals surface area contributed by atoms with Crippen molar-refractivity contribution in [2.24, 2.45) is 5.16 Å². The summed E-state index contributed by atoms with van der Waals surface area (Å²) in [5.74, 6) is 0.855. The second kappa shape index (κ2) is 7.78. The van der Waals surface area contributed by atoms with Crippen LogP contribution in [0.1, 0.15) is 12.5 Å². The molecule has 0 atom stereocenters. The molecule has 0 spiro atoms. The first kappa shape index (κ1) is 13.9. The van der Waals surface area contributed by atoms with Crippen molar-refractivity contribution >= 4 is 11.9 Å². The summed E-state index contributed by atoms with van der Waals surface area (Å²) < 4.78 is 5.36. The van der Waals surface area contributed by atoms with Crippen LogP contribution in [0.5, 0.6) is 5.75 Å². The van der Waals surface area contributed by atoms with Crippen LogP contribution >= 0.6 is 0 Å². The van der Waals surface area contributed by atoms with Gasteiger partial charge in [0.1, 0.15) is 5.75 Å². The number of hydrogen-bond donors (Lipinski definition) is 1. The minimum absolute atomic E-state index is 0.296. The highest BCUT2D eigenvalue weighted by Crippen LogP contribution is 2.15. The fourth-order valence-electron chi connectivity index (χ4n) is 1.54. The lowest BCUT2D eigenvalue weighted by Crippen LogP contribution is -2.03. The van der Waals surface area contributed by atoms with Gasteiger partial charge in [-0.15, -0.1) is 0 Å². The van der Waals surface area contributed by atoms with Crippen LogP contribution in [0.3, 0.4) is 0 Å². The first-order valence-corrected chi connectivity index (χ1v) is 6.40. The van der Waals surface area contributed by atoms with Gasteiger partial charge in [-0.1, -0.05) is 11.2 Å². The molecule has 1 aromatic carbocycles. The molecular weight excluding hydrogens is 254 g/mol. The monoisotopic (exact) mass is 271 g/mol. The van der Waals surface area contributed by atoms with Crippen molar-refractivity contribution in [2.75, 3.05) is 18.7 Å². The van der Waals surface area contributed by atoms with Crippen LogP contribution in [-0.4, -0.2) is 24.5 Å². The topological polar surface area (TPSA) is 55.7 Å². The molecule has 1 N–H and O–H groups in total. The van der Waals surface area contributed by atoms with Crippen LogP contribution in [0.4, 0.5) is 5.69 Å². The molecule has 0 fully saturated rings. The van der Waals surface area contributed by atoms with E-state index in [4.69, 9.17) is 9.57 Å². The number of aromatic nitrogens is 1. The van der Waals surface area contributed by atoms with E-state index in [-0.39, 0.29) is 0 Å².